The van der Waals surface area contributed by atoms with Gasteiger partial charge in [-0.25, -0.2) is 4.98 Å². The van der Waals surface area contributed by atoms with Crippen molar-refractivity contribution in [2.45, 2.75) is 6.42 Å². The van der Waals surface area contributed by atoms with E-state index in [1.165, 1.54) is 0 Å². The summed E-state index contributed by atoms with van der Waals surface area (Å²) in [6.07, 6.45) is 0.650. The van der Waals surface area contributed by atoms with Crippen LogP contribution < -0.4 is 14.8 Å². The molecule has 3 aromatic rings. The first-order valence-corrected chi connectivity index (χ1v) is 9.56. The van der Waals surface area contributed by atoms with E-state index >= 15 is 0 Å². The number of carbonyl (C=O) groups is 1. The summed E-state index contributed by atoms with van der Waals surface area (Å²) in [5, 5.41) is 6.55. The van der Waals surface area contributed by atoms with Gasteiger partial charge in [0.25, 0.3) is 5.91 Å². The third-order valence-electron chi connectivity index (χ3n) is 3.92. The normalized spacial score (nSPS) is 10.5. The molecule has 0 bridgehead atoms. The lowest BCUT2D eigenvalue weighted by Gasteiger charge is -2.09. The molecule has 27 heavy (non-hydrogen) atoms. The molecule has 0 aliphatic heterocycles. The van der Waals surface area contributed by atoms with Gasteiger partial charge < -0.3 is 14.8 Å². The lowest BCUT2D eigenvalue weighted by Crippen LogP contribution is -2.25. The highest BCUT2D eigenvalue weighted by Crippen LogP contribution is 2.25. The van der Waals surface area contributed by atoms with Crippen LogP contribution in [0.25, 0.3) is 10.6 Å². The molecule has 0 atom stereocenters. The van der Waals surface area contributed by atoms with Crippen molar-refractivity contribution in [1.29, 1.82) is 0 Å². The summed E-state index contributed by atoms with van der Waals surface area (Å²) >= 11 is 7.49. The number of carbonyl (C=O) groups excluding carboxylic acids is 1. The van der Waals surface area contributed by atoms with Crippen LogP contribution in [0.3, 0.4) is 0 Å². The minimum Gasteiger partial charge on any atom is -0.497 e. The molecule has 7 heteroatoms. The molecule has 1 N–H and O–H groups in total. The number of hydrogen-bond donors (Lipinski definition) is 1. The number of ether oxygens (including phenoxy) is 2. The van der Waals surface area contributed by atoms with Crippen LogP contribution in [0, 0.1) is 0 Å². The van der Waals surface area contributed by atoms with Crippen LogP contribution in [0.2, 0.25) is 5.02 Å². The second-order valence-corrected chi connectivity index (χ2v) is 7.05. The molecular formula is C20H19ClN2O3S. The highest BCUT2D eigenvalue weighted by atomic mass is 35.5. The second-order valence-electron chi connectivity index (χ2n) is 5.76. The maximum absolute atomic E-state index is 12.4. The van der Waals surface area contributed by atoms with Crippen molar-refractivity contribution in [2.24, 2.45) is 0 Å². The minimum atomic E-state index is -0.180. The van der Waals surface area contributed by atoms with Gasteiger partial charge in [-0.05, 0) is 24.3 Å². The fourth-order valence-electron chi connectivity index (χ4n) is 2.49. The first-order valence-electron chi connectivity index (χ1n) is 8.30. The standard InChI is InChI=1S/C20H19ClN2O3S/c1-25-17-9-14(10-18(11-17)26-2)19(24)22-8-7-16-12-27-20(23-16)13-3-5-15(21)6-4-13/h3-6,9-12H,7-8H2,1-2H3,(H,22,24). The molecule has 0 saturated carbocycles. The number of amides is 1. The predicted molar refractivity (Wildman–Crippen MR) is 108 cm³/mol. The van der Waals surface area contributed by atoms with Gasteiger partial charge in [0, 0.05) is 40.6 Å². The van der Waals surface area contributed by atoms with E-state index < -0.39 is 0 Å². The van der Waals surface area contributed by atoms with Crippen LogP contribution in [0.15, 0.2) is 47.8 Å². The number of halogens is 1. The molecule has 3 rings (SSSR count). The van der Waals surface area contributed by atoms with Crippen molar-refractivity contribution in [3.63, 3.8) is 0 Å². The number of nitrogens with one attached hydrogen (secondary N) is 1. The Labute approximate surface area is 166 Å². The molecule has 0 radical (unpaired) electrons. The van der Waals surface area contributed by atoms with Gasteiger partial charge in [-0.3, -0.25) is 4.79 Å². The van der Waals surface area contributed by atoms with Crippen LogP contribution in [0.4, 0.5) is 0 Å². The van der Waals surface area contributed by atoms with Gasteiger partial charge in [0.2, 0.25) is 0 Å². The Morgan fingerprint density at radius 2 is 1.78 bits per heavy atom. The van der Waals surface area contributed by atoms with E-state index in [0.717, 1.165) is 16.3 Å². The van der Waals surface area contributed by atoms with E-state index in [4.69, 9.17) is 21.1 Å². The molecule has 0 unspecified atom stereocenters. The molecule has 2 aromatic carbocycles. The number of hydrogen-bond acceptors (Lipinski definition) is 5. The zero-order valence-corrected chi connectivity index (χ0v) is 16.6. The zero-order valence-electron chi connectivity index (χ0n) is 15.0. The third kappa shape index (κ3) is 4.99. The number of benzene rings is 2. The topological polar surface area (TPSA) is 60.5 Å². The van der Waals surface area contributed by atoms with Crippen molar-refractivity contribution >= 4 is 28.8 Å². The van der Waals surface area contributed by atoms with Gasteiger partial charge in [-0.15, -0.1) is 11.3 Å². The maximum atomic E-state index is 12.4. The monoisotopic (exact) mass is 402 g/mol. The Morgan fingerprint density at radius 1 is 1.11 bits per heavy atom. The van der Waals surface area contributed by atoms with Gasteiger partial charge in [-0.1, -0.05) is 23.7 Å². The molecule has 0 aliphatic rings. The molecule has 140 valence electrons. The van der Waals surface area contributed by atoms with Crippen molar-refractivity contribution in [3.8, 4) is 22.1 Å². The highest BCUT2D eigenvalue weighted by Gasteiger charge is 2.10. The summed E-state index contributed by atoms with van der Waals surface area (Å²) in [7, 11) is 3.11. The molecule has 1 aromatic heterocycles. The molecule has 0 fully saturated rings. The molecule has 0 aliphatic carbocycles. The van der Waals surface area contributed by atoms with Crippen LogP contribution in [0.5, 0.6) is 11.5 Å². The maximum Gasteiger partial charge on any atom is 0.251 e. The third-order valence-corrected chi connectivity index (χ3v) is 5.12. The van der Waals surface area contributed by atoms with Crippen molar-refractivity contribution in [3.05, 3.63) is 64.1 Å². The van der Waals surface area contributed by atoms with E-state index in [2.05, 4.69) is 10.3 Å². The summed E-state index contributed by atoms with van der Waals surface area (Å²) in [5.41, 5.74) is 2.46. The van der Waals surface area contributed by atoms with Crippen molar-refractivity contribution in [1.82, 2.24) is 10.3 Å². The zero-order chi connectivity index (χ0) is 19.2. The number of aromatic nitrogens is 1. The summed E-state index contributed by atoms with van der Waals surface area (Å²) in [6.45, 7) is 0.488. The van der Waals surface area contributed by atoms with Crippen LogP contribution >= 0.6 is 22.9 Å². The van der Waals surface area contributed by atoms with Gasteiger partial charge in [0.15, 0.2) is 0 Å². The van der Waals surface area contributed by atoms with Crippen molar-refractivity contribution in [2.75, 3.05) is 20.8 Å². The van der Waals surface area contributed by atoms with Crippen LogP contribution in [-0.4, -0.2) is 31.7 Å². The SMILES string of the molecule is COc1cc(OC)cc(C(=O)NCCc2csc(-c3ccc(Cl)cc3)n2)c1. The molecule has 5 nitrogen and oxygen atoms in total. The molecular weight excluding hydrogens is 384 g/mol. The summed E-state index contributed by atoms with van der Waals surface area (Å²) < 4.78 is 10.4. The molecule has 0 spiro atoms. The fraction of sp³-hybridized carbons (Fsp3) is 0.200. The average Bonchev–Trinajstić information content (AvgIpc) is 3.16. The van der Waals surface area contributed by atoms with E-state index in [1.54, 1.807) is 43.8 Å². The van der Waals surface area contributed by atoms with Gasteiger partial charge >= 0.3 is 0 Å². The Hall–Kier alpha value is -2.57. The fourth-order valence-corrected chi connectivity index (χ4v) is 3.48. The lowest BCUT2D eigenvalue weighted by atomic mass is 10.2. The number of rotatable bonds is 7. The average molecular weight is 403 g/mol. The summed E-state index contributed by atoms with van der Waals surface area (Å²) in [4.78, 5) is 17.0. The van der Waals surface area contributed by atoms with Gasteiger partial charge in [0.05, 0.1) is 19.9 Å². The largest absolute Gasteiger partial charge is 0.497 e. The van der Waals surface area contributed by atoms with Crippen LogP contribution in [0.1, 0.15) is 16.1 Å². The van der Waals surface area contributed by atoms with Gasteiger partial charge in [0.1, 0.15) is 16.5 Å². The Morgan fingerprint density at radius 3 is 2.41 bits per heavy atom. The van der Waals surface area contributed by atoms with E-state index in [0.29, 0.717) is 35.1 Å². The van der Waals surface area contributed by atoms with E-state index in [1.807, 2.05) is 29.6 Å². The van der Waals surface area contributed by atoms with E-state index in [9.17, 15) is 4.79 Å². The quantitative estimate of drug-likeness (QED) is 0.634. The highest BCUT2D eigenvalue weighted by molar-refractivity contribution is 7.13. The molecule has 1 amide bonds. The number of thiazole rings is 1. The first kappa shape index (κ1) is 19.2. The van der Waals surface area contributed by atoms with Crippen molar-refractivity contribution < 1.29 is 14.3 Å². The number of methoxy groups -OCH3 is 2. The van der Waals surface area contributed by atoms with Gasteiger partial charge in [-0.2, -0.15) is 0 Å². The minimum absolute atomic E-state index is 0.180. The number of nitrogens with zero attached hydrogens (tertiary/aromatic N) is 1. The first-order chi connectivity index (χ1) is 13.1. The lowest BCUT2D eigenvalue weighted by molar-refractivity contribution is 0.0953. The Kier molecular flexibility index (Phi) is 6.32. The second kappa shape index (κ2) is 8.88. The summed E-state index contributed by atoms with van der Waals surface area (Å²) in [6, 6.07) is 12.7. The smallest absolute Gasteiger partial charge is 0.251 e. The Bertz CT molecular complexity index is 903. The van der Waals surface area contributed by atoms with Crippen LogP contribution in [-0.2, 0) is 6.42 Å². The molecule has 0 saturated heterocycles. The van der Waals surface area contributed by atoms with E-state index in [-0.39, 0.29) is 5.91 Å². The predicted octanol–water partition coefficient (Wildman–Crippen LogP) is 4.45. The Balaban J connectivity index is 1.58. The molecule has 1 heterocycles. The summed E-state index contributed by atoms with van der Waals surface area (Å²) in [5.74, 6) is 0.971.